The van der Waals surface area contributed by atoms with E-state index in [1.807, 2.05) is 19.1 Å². The zero-order valence-electron chi connectivity index (χ0n) is 11.2. The molecule has 1 aromatic heterocycles. The van der Waals surface area contributed by atoms with Crippen LogP contribution < -0.4 is 10.5 Å². The van der Waals surface area contributed by atoms with Crippen molar-refractivity contribution in [3.05, 3.63) is 35.5 Å². The molecule has 0 aliphatic rings. The standard InChI is InChI=1S/C15H20N2O/c1-10(9-16)6-12-7-11(2)17-15-8-13(18-3)4-5-14(12)15/h4-5,7-8,10H,6,9,16H2,1-3H3. The Balaban J connectivity index is 2.51. The van der Waals surface area contributed by atoms with Crippen LogP contribution in [0.1, 0.15) is 18.2 Å². The van der Waals surface area contributed by atoms with Crippen molar-refractivity contribution in [2.24, 2.45) is 11.7 Å². The average Bonchev–Trinajstić information content (AvgIpc) is 2.37. The maximum absolute atomic E-state index is 5.71. The highest BCUT2D eigenvalue weighted by Crippen LogP contribution is 2.24. The van der Waals surface area contributed by atoms with E-state index in [9.17, 15) is 0 Å². The summed E-state index contributed by atoms with van der Waals surface area (Å²) in [5.74, 6) is 1.33. The summed E-state index contributed by atoms with van der Waals surface area (Å²) in [5, 5.41) is 1.20. The van der Waals surface area contributed by atoms with E-state index in [1.165, 1.54) is 10.9 Å². The number of ether oxygens (including phenoxy) is 1. The first kappa shape index (κ1) is 12.8. The molecule has 0 aliphatic carbocycles. The molecule has 1 unspecified atom stereocenters. The second-order valence-electron chi connectivity index (χ2n) is 4.85. The van der Waals surface area contributed by atoms with Gasteiger partial charge in [0.05, 0.1) is 12.6 Å². The van der Waals surface area contributed by atoms with Crippen LogP contribution in [0.5, 0.6) is 5.75 Å². The molecule has 96 valence electrons. The molecular formula is C15H20N2O. The summed E-state index contributed by atoms with van der Waals surface area (Å²) >= 11 is 0. The van der Waals surface area contributed by atoms with Crippen LogP contribution in [0.25, 0.3) is 10.9 Å². The van der Waals surface area contributed by atoms with E-state index in [2.05, 4.69) is 24.0 Å². The number of aryl methyl sites for hydroxylation is 1. The fraction of sp³-hybridized carbons (Fsp3) is 0.400. The van der Waals surface area contributed by atoms with Crippen molar-refractivity contribution in [3.8, 4) is 5.75 Å². The topological polar surface area (TPSA) is 48.1 Å². The van der Waals surface area contributed by atoms with Gasteiger partial charge in [0.1, 0.15) is 5.75 Å². The van der Waals surface area contributed by atoms with E-state index in [0.717, 1.165) is 23.4 Å². The molecule has 0 saturated carbocycles. The van der Waals surface area contributed by atoms with E-state index in [0.29, 0.717) is 12.5 Å². The molecule has 0 spiro atoms. The second kappa shape index (κ2) is 5.36. The van der Waals surface area contributed by atoms with E-state index >= 15 is 0 Å². The van der Waals surface area contributed by atoms with Crippen molar-refractivity contribution in [1.82, 2.24) is 4.98 Å². The molecule has 3 heteroatoms. The van der Waals surface area contributed by atoms with Crippen molar-refractivity contribution >= 4 is 10.9 Å². The molecule has 2 rings (SSSR count). The Kier molecular flexibility index (Phi) is 3.82. The monoisotopic (exact) mass is 244 g/mol. The van der Waals surface area contributed by atoms with Crippen LogP contribution in [0.4, 0.5) is 0 Å². The van der Waals surface area contributed by atoms with Gasteiger partial charge in [0.15, 0.2) is 0 Å². The van der Waals surface area contributed by atoms with Gasteiger partial charge in [0, 0.05) is 17.1 Å². The molecule has 0 aliphatic heterocycles. The third-order valence-corrected chi connectivity index (χ3v) is 3.20. The maximum atomic E-state index is 5.71. The summed E-state index contributed by atoms with van der Waals surface area (Å²) in [6.45, 7) is 4.90. The van der Waals surface area contributed by atoms with Crippen LogP contribution in [0.2, 0.25) is 0 Å². The third-order valence-electron chi connectivity index (χ3n) is 3.20. The number of aromatic nitrogens is 1. The largest absolute Gasteiger partial charge is 0.497 e. The lowest BCUT2D eigenvalue weighted by Gasteiger charge is -2.12. The lowest BCUT2D eigenvalue weighted by Crippen LogP contribution is -2.13. The van der Waals surface area contributed by atoms with Crippen molar-refractivity contribution < 1.29 is 4.74 Å². The summed E-state index contributed by atoms with van der Waals surface area (Å²) in [6, 6.07) is 8.20. The molecule has 3 nitrogen and oxygen atoms in total. The van der Waals surface area contributed by atoms with Gasteiger partial charge in [-0.05, 0) is 49.6 Å². The summed E-state index contributed by atoms with van der Waals surface area (Å²) < 4.78 is 5.24. The Hall–Kier alpha value is -1.61. The first-order chi connectivity index (χ1) is 8.63. The predicted octanol–water partition coefficient (Wildman–Crippen LogP) is 2.69. The molecule has 0 amide bonds. The number of fused-ring (bicyclic) bond motifs is 1. The fourth-order valence-electron chi connectivity index (χ4n) is 2.18. The van der Waals surface area contributed by atoms with E-state index < -0.39 is 0 Å². The van der Waals surface area contributed by atoms with Crippen molar-refractivity contribution in [2.75, 3.05) is 13.7 Å². The maximum Gasteiger partial charge on any atom is 0.121 e. The lowest BCUT2D eigenvalue weighted by atomic mass is 9.97. The molecule has 2 N–H and O–H groups in total. The molecular weight excluding hydrogens is 224 g/mol. The molecule has 1 atom stereocenters. The van der Waals surface area contributed by atoms with E-state index in [1.54, 1.807) is 7.11 Å². The summed E-state index contributed by atoms with van der Waals surface area (Å²) in [6.07, 6.45) is 0.989. The van der Waals surface area contributed by atoms with Gasteiger partial charge in [-0.3, -0.25) is 4.98 Å². The van der Waals surface area contributed by atoms with Gasteiger partial charge in [0.25, 0.3) is 0 Å². The van der Waals surface area contributed by atoms with Gasteiger partial charge < -0.3 is 10.5 Å². The highest BCUT2D eigenvalue weighted by Gasteiger charge is 2.08. The van der Waals surface area contributed by atoms with Crippen LogP contribution in [0, 0.1) is 12.8 Å². The molecule has 1 heterocycles. The molecule has 0 bridgehead atoms. The summed E-state index contributed by atoms with van der Waals surface area (Å²) in [4.78, 5) is 4.57. The number of nitrogens with two attached hydrogens (primary N) is 1. The number of pyridine rings is 1. The normalized spacial score (nSPS) is 12.7. The Morgan fingerprint density at radius 2 is 2.11 bits per heavy atom. The minimum absolute atomic E-state index is 0.483. The lowest BCUT2D eigenvalue weighted by molar-refractivity contribution is 0.415. The summed E-state index contributed by atoms with van der Waals surface area (Å²) in [5.41, 5.74) is 9.06. The van der Waals surface area contributed by atoms with Gasteiger partial charge in [-0.15, -0.1) is 0 Å². The summed E-state index contributed by atoms with van der Waals surface area (Å²) in [7, 11) is 1.67. The number of rotatable bonds is 4. The van der Waals surface area contributed by atoms with E-state index in [-0.39, 0.29) is 0 Å². The molecule has 2 aromatic rings. The Labute approximate surface area is 108 Å². The van der Waals surface area contributed by atoms with E-state index in [4.69, 9.17) is 10.5 Å². The smallest absolute Gasteiger partial charge is 0.121 e. The number of hydrogen-bond donors (Lipinski definition) is 1. The second-order valence-corrected chi connectivity index (χ2v) is 4.85. The van der Waals surface area contributed by atoms with Crippen LogP contribution in [-0.4, -0.2) is 18.6 Å². The Morgan fingerprint density at radius 1 is 1.33 bits per heavy atom. The number of hydrogen-bond acceptors (Lipinski definition) is 3. The van der Waals surface area contributed by atoms with Crippen LogP contribution >= 0.6 is 0 Å². The van der Waals surface area contributed by atoms with Gasteiger partial charge >= 0.3 is 0 Å². The zero-order valence-corrected chi connectivity index (χ0v) is 11.2. The number of benzene rings is 1. The molecule has 18 heavy (non-hydrogen) atoms. The Morgan fingerprint density at radius 3 is 2.78 bits per heavy atom. The molecule has 1 aromatic carbocycles. The predicted molar refractivity (Wildman–Crippen MR) is 75.0 cm³/mol. The van der Waals surface area contributed by atoms with Gasteiger partial charge in [-0.25, -0.2) is 0 Å². The van der Waals surface area contributed by atoms with Gasteiger partial charge in [-0.2, -0.15) is 0 Å². The van der Waals surface area contributed by atoms with Gasteiger partial charge in [0.2, 0.25) is 0 Å². The molecule has 0 saturated heterocycles. The fourth-order valence-corrected chi connectivity index (χ4v) is 2.18. The SMILES string of the molecule is COc1ccc2c(CC(C)CN)cc(C)nc2c1. The Bertz CT molecular complexity index is 551. The minimum atomic E-state index is 0.483. The highest BCUT2D eigenvalue weighted by molar-refractivity contribution is 5.83. The van der Waals surface area contributed by atoms with Crippen LogP contribution in [0.3, 0.4) is 0 Å². The van der Waals surface area contributed by atoms with Gasteiger partial charge in [-0.1, -0.05) is 6.92 Å². The van der Waals surface area contributed by atoms with Crippen molar-refractivity contribution in [2.45, 2.75) is 20.3 Å². The van der Waals surface area contributed by atoms with Crippen LogP contribution in [0.15, 0.2) is 24.3 Å². The van der Waals surface area contributed by atoms with Crippen LogP contribution in [-0.2, 0) is 6.42 Å². The number of methoxy groups -OCH3 is 1. The first-order valence-electron chi connectivity index (χ1n) is 6.28. The quantitative estimate of drug-likeness (QED) is 0.899. The molecule has 0 radical (unpaired) electrons. The zero-order chi connectivity index (χ0) is 13.1. The first-order valence-corrected chi connectivity index (χ1v) is 6.28. The number of nitrogens with zero attached hydrogens (tertiary/aromatic N) is 1. The average molecular weight is 244 g/mol. The highest BCUT2D eigenvalue weighted by atomic mass is 16.5. The van der Waals surface area contributed by atoms with Crippen molar-refractivity contribution in [1.29, 1.82) is 0 Å². The third kappa shape index (κ3) is 2.62. The molecule has 0 fully saturated rings. The van der Waals surface area contributed by atoms with Crippen molar-refractivity contribution in [3.63, 3.8) is 0 Å². The minimum Gasteiger partial charge on any atom is -0.497 e.